The Morgan fingerprint density at radius 3 is 2.68 bits per heavy atom. The maximum Gasteiger partial charge on any atom is 0.326 e. The zero-order chi connectivity index (χ0) is 22.2. The first-order valence-electron chi connectivity index (χ1n) is 10.3. The van der Waals surface area contributed by atoms with E-state index >= 15 is 0 Å². The molecular weight excluding hydrogens is 478 g/mol. The third-order valence-corrected chi connectivity index (χ3v) is 6.35. The van der Waals surface area contributed by atoms with E-state index in [9.17, 15) is 9.59 Å². The van der Waals surface area contributed by atoms with Crippen molar-refractivity contribution < 1.29 is 14.3 Å². The number of nitrogens with one attached hydrogen (secondary N) is 1. The predicted molar refractivity (Wildman–Crippen MR) is 127 cm³/mol. The molecule has 0 fully saturated rings. The molecule has 0 aliphatic heterocycles. The Morgan fingerprint density at radius 1 is 1.19 bits per heavy atom. The lowest BCUT2D eigenvalue weighted by molar-refractivity contribution is -0.149. The minimum absolute atomic E-state index is 0.0856. The minimum Gasteiger partial charge on any atom is -0.461 e. The van der Waals surface area contributed by atoms with E-state index in [4.69, 9.17) is 4.74 Å². The number of thioether (sulfide) groups is 1. The van der Waals surface area contributed by atoms with Crippen molar-refractivity contribution in [3.8, 4) is 0 Å². The number of amides is 1. The second-order valence-electron chi connectivity index (χ2n) is 7.14. The van der Waals surface area contributed by atoms with Crippen molar-refractivity contribution in [2.45, 2.75) is 44.5 Å². The monoisotopic (exact) mass is 503 g/mol. The van der Waals surface area contributed by atoms with Crippen molar-refractivity contribution in [1.82, 2.24) is 14.9 Å². The van der Waals surface area contributed by atoms with Gasteiger partial charge in [0.1, 0.15) is 6.54 Å². The summed E-state index contributed by atoms with van der Waals surface area (Å²) in [5.74, 6) is 0.420. The highest BCUT2D eigenvalue weighted by Gasteiger charge is 2.16. The average molecular weight is 504 g/mol. The SMILES string of the molecule is CCC(C)OC(=O)Cn1c(SCCCNC(=O)c2ccc(Br)cc2)nc2ccccc21. The molecule has 0 aliphatic rings. The van der Waals surface area contributed by atoms with Gasteiger partial charge in [-0.3, -0.25) is 9.59 Å². The molecule has 2 aromatic carbocycles. The van der Waals surface area contributed by atoms with E-state index in [0.717, 1.165) is 39.3 Å². The summed E-state index contributed by atoms with van der Waals surface area (Å²) in [5.41, 5.74) is 2.40. The molecule has 6 nitrogen and oxygen atoms in total. The Morgan fingerprint density at radius 2 is 1.94 bits per heavy atom. The highest BCUT2D eigenvalue weighted by molar-refractivity contribution is 9.10. The molecule has 0 aliphatic carbocycles. The van der Waals surface area contributed by atoms with E-state index in [0.29, 0.717) is 12.1 Å². The summed E-state index contributed by atoms with van der Waals surface area (Å²) in [6.07, 6.45) is 1.46. The van der Waals surface area contributed by atoms with Gasteiger partial charge in [-0.15, -0.1) is 0 Å². The van der Waals surface area contributed by atoms with Gasteiger partial charge in [0.05, 0.1) is 17.1 Å². The first-order chi connectivity index (χ1) is 15.0. The zero-order valence-corrected chi connectivity index (χ0v) is 20.0. The van der Waals surface area contributed by atoms with Crippen LogP contribution in [0.3, 0.4) is 0 Å². The molecule has 1 atom stereocenters. The van der Waals surface area contributed by atoms with Gasteiger partial charge in [0.2, 0.25) is 0 Å². The van der Waals surface area contributed by atoms with E-state index in [-0.39, 0.29) is 24.5 Å². The molecule has 0 radical (unpaired) electrons. The van der Waals surface area contributed by atoms with Crippen LogP contribution < -0.4 is 5.32 Å². The van der Waals surface area contributed by atoms with Crippen LogP contribution in [0.25, 0.3) is 11.0 Å². The van der Waals surface area contributed by atoms with E-state index in [1.807, 2.05) is 54.8 Å². The highest BCUT2D eigenvalue weighted by atomic mass is 79.9. The van der Waals surface area contributed by atoms with Gasteiger partial charge in [-0.05, 0) is 56.2 Å². The van der Waals surface area contributed by atoms with E-state index in [2.05, 4.69) is 26.2 Å². The van der Waals surface area contributed by atoms with Gasteiger partial charge < -0.3 is 14.6 Å². The number of para-hydroxylation sites is 2. The van der Waals surface area contributed by atoms with Crippen molar-refractivity contribution >= 4 is 50.6 Å². The van der Waals surface area contributed by atoms with Gasteiger partial charge in [-0.25, -0.2) is 4.98 Å². The number of benzene rings is 2. The third-order valence-electron chi connectivity index (χ3n) is 4.76. The van der Waals surface area contributed by atoms with E-state index < -0.39 is 0 Å². The van der Waals surface area contributed by atoms with Gasteiger partial charge in [-0.2, -0.15) is 0 Å². The summed E-state index contributed by atoms with van der Waals surface area (Å²) in [7, 11) is 0. The van der Waals surface area contributed by atoms with Crippen molar-refractivity contribution in [1.29, 1.82) is 0 Å². The van der Waals surface area contributed by atoms with Gasteiger partial charge in [-0.1, -0.05) is 46.7 Å². The second kappa shape index (κ2) is 11.3. The molecule has 3 aromatic rings. The third kappa shape index (κ3) is 6.58. The molecule has 0 spiro atoms. The molecule has 3 rings (SSSR count). The number of halogens is 1. The summed E-state index contributed by atoms with van der Waals surface area (Å²) in [4.78, 5) is 29.2. The zero-order valence-electron chi connectivity index (χ0n) is 17.6. The van der Waals surface area contributed by atoms with Crippen LogP contribution in [0.15, 0.2) is 58.2 Å². The van der Waals surface area contributed by atoms with Crippen molar-refractivity contribution in [2.24, 2.45) is 0 Å². The van der Waals surface area contributed by atoms with Crippen LogP contribution in [-0.4, -0.2) is 39.8 Å². The normalized spacial score (nSPS) is 12.0. The quantitative estimate of drug-likeness (QED) is 0.238. The molecular formula is C23H26BrN3O3S. The number of rotatable bonds is 10. The molecule has 1 unspecified atom stereocenters. The number of fused-ring (bicyclic) bond motifs is 1. The smallest absolute Gasteiger partial charge is 0.326 e. The summed E-state index contributed by atoms with van der Waals surface area (Å²) < 4.78 is 8.30. The van der Waals surface area contributed by atoms with Crippen LogP contribution in [0.1, 0.15) is 37.0 Å². The molecule has 8 heteroatoms. The van der Waals surface area contributed by atoms with Crippen LogP contribution in [0.5, 0.6) is 0 Å². The number of carbonyl (C=O) groups is 2. The largest absolute Gasteiger partial charge is 0.461 e. The van der Waals surface area contributed by atoms with E-state index in [1.165, 1.54) is 0 Å². The molecule has 0 saturated carbocycles. The summed E-state index contributed by atoms with van der Waals surface area (Å²) in [6.45, 7) is 4.58. The highest BCUT2D eigenvalue weighted by Crippen LogP contribution is 2.24. The number of esters is 1. The van der Waals surface area contributed by atoms with Crippen LogP contribution >= 0.6 is 27.7 Å². The van der Waals surface area contributed by atoms with Crippen LogP contribution in [-0.2, 0) is 16.1 Å². The van der Waals surface area contributed by atoms with Crippen LogP contribution in [0.2, 0.25) is 0 Å². The Balaban J connectivity index is 1.56. The van der Waals surface area contributed by atoms with Crippen LogP contribution in [0.4, 0.5) is 0 Å². The molecule has 0 bridgehead atoms. The Hall–Kier alpha value is -2.32. The minimum atomic E-state index is -0.263. The maximum atomic E-state index is 12.4. The summed E-state index contributed by atoms with van der Waals surface area (Å²) >= 11 is 4.94. The molecule has 31 heavy (non-hydrogen) atoms. The molecule has 0 saturated heterocycles. The van der Waals surface area contributed by atoms with Gasteiger partial charge in [0.25, 0.3) is 5.91 Å². The lowest BCUT2D eigenvalue weighted by Gasteiger charge is -2.13. The first-order valence-corrected chi connectivity index (χ1v) is 12.1. The van der Waals surface area contributed by atoms with Gasteiger partial charge in [0, 0.05) is 22.3 Å². The van der Waals surface area contributed by atoms with Crippen LogP contribution in [0, 0.1) is 0 Å². The lowest BCUT2D eigenvalue weighted by Crippen LogP contribution is -2.24. The number of ether oxygens (including phenoxy) is 1. The summed E-state index contributed by atoms with van der Waals surface area (Å²) in [5, 5.41) is 3.72. The van der Waals surface area contributed by atoms with E-state index in [1.54, 1.807) is 23.9 Å². The van der Waals surface area contributed by atoms with Crippen molar-refractivity contribution in [3.63, 3.8) is 0 Å². The number of carbonyl (C=O) groups excluding carboxylic acids is 2. The number of hydrogen-bond donors (Lipinski definition) is 1. The maximum absolute atomic E-state index is 12.4. The number of aromatic nitrogens is 2. The number of nitrogens with zero attached hydrogens (tertiary/aromatic N) is 2. The standard InChI is InChI=1S/C23H26BrN3O3S/c1-3-16(2)30-21(28)15-27-20-8-5-4-7-19(20)26-23(27)31-14-6-13-25-22(29)17-9-11-18(24)12-10-17/h4-5,7-12,16H,3,6,13-15H2,1-2H3,(H,25,29). The first kappa shape index (κ1) is 23.3. The fraction of sp³-hybridized carbons (Fsp3) is 0.348. The van der Waals surface area contributed by atoms with Crippen molar-refractivity contribution in [2.75, 3.05) is 12.3 Å². The molecule has 164 valence electrons. The van der Waals surface area contributed by atoms with Gasteiger partial charge >= 0.3 is 5.97 Å². The second-order valence-corrected chi connectivity index (χ2v) is 9.12. The Bertz CT molecular complexity index is 1040. The lowest BCUT2D eigenvalue weighted by atomic mass is 10.2. The Kier molecular flexibility index (Phi) is 8.54. The van der Waals surface area contributed by atoms with Gasteiger partial charge in [0.15, 0.2) is 5.16 Å². The molecule has 1 amide bonds. The summed E-state index contributed by atoms with van der Waals surface area (Å²) in [6, 6.07) is 15.0. The molecule has 1 aromatic heterocycles. The molecule has 1 N–H and O–H groups in total. The average Bonchev–Trinajstić information content (AvgIpc) is 3.11. The number of imidazole rings is 1. The van der Waals surface area contributed by atoms with Crippen molar-refractivity contribution in [3.05, 3.63) is 58.6 Å². The fourth-order valence-corrected chi connectivity index (χ4v) is 4.15. The predicted octanol–water partition coefficient (Wildman–Crippen LogP) is 5.05. The molecule has 1 heterocycles. The topological polar surface area (TPSA) is 73.2 Å². The number of hydrogen-bond acceptors (Lipinski definition) is 5. The Labute approximate surface area is 194 Å². The fourth-order valence-electron chi connectivity index (χ4n) is 2.93.